The predicted octanol–water partition coefficient (Wildman–Crippen LogP) is 3.91. The van der Waals surface area contributed by atoms with Crippen LogP contribution in [0.1, 0.15) is 22.8 Å². The second kappa shape index (κ2) is 7.76. The molecule has 0 saturated carbocycles. The maximum atomic E-state index is 12.3. The van der Waals surface area contributed by atoms with Crippen molar-refractivity contribution < 1.29 is 14.3 Å². The van der Waals surface area contributed by atoms with E-state index in [9.17, 15) is 9.59 Å². The molecule has 0 aliphatic carbocycles. The van der Waals surface area contributed by atoms with Gasteiger partial charge in [0.2, 0.25) is 5.78 Å². The highest BCUT2D eigenvalue weighted by Crippen LogP contribution is 2.27. The van der Waals surface area contributed by atoms with Crippen molar-refractivity contribution in [3.8, 4) is 0 Å². The van der Waals surface area contributed by atoms with Gasteiger partial charge in [-0.15, -0.1) is 11.3 Å². The lowest BCUT2D eigenvalue weighted by molar-refractivity contribution is -0.143. The van der Waals surface area contributed by atoms with E-state index in [2.05, 4.69) is 9.97 Å². The molecular weight excluding hydrogens is 356 g/mol. The summed E-state index contributed by atoms with van der Waals surface area (Å²) in [6.45, 7) is 3.54. The molecule has 0 bridgehead atoms. The molecule has 0 aliphatic rings. The Balaban J connectivity index is 1.57. The monoisotopic (exact) mass is 372 g/mol. The number of carbonyl (C=O) groups is 2. The lowest BCUT2D eigenvalue weighted by Crippen LogP contribution is -2.25. The molecule has 0 radical (unpaired) electrons. The molecule has 0 aliphatic heterocycles. The van der Waals surface area contributed by atoms with Crippen LogP contribution in [-0.4, -0.2) is 33.6 Å². The maximum Gasteiger partial charge on any atom is 0.317 e. The Hall–Kier alpha value is -2.25. The molecule has 25 heavy (non-hydrogen) atoms. The molecular formula is C18H16N2O3S2. The number of Topliss-reactive ketones (excluding diaryl/α,β-unsaturated/α-hetero) is 1. The fourth-order valence-electron chi connectivity index (χ4n) is 2.25. The van der Waals surface area contributed by atoms with Crippen molar-refractivity contribution in [1.29, 1.82) is 0 Å². The minimum Gasteiger partial charge on any atom is -0.454 e. The third kappa shape index (κ3) is 4.24. The zero-order valence-corrected chi connectivity index (χ0v) is 15.4. The fourth-order valence-corrected chi connectivity index (χ4v) is 3.81. The number of aromatic nitrogens is 2. The second-order valence-corrected chi connectivity index (χ2v) is 7.33. The van der Waals surface area contributed by atoms with Gasteiger partial charge in [-0.05, 0) is 25.3 Å². The van der Waals surface area contributed by atoms with Gasteiger partial charge >= 0.3 is 5.97 Å². The van der Waals surface area contributed by atoms with Crippen molar-refractivity contribution in [1.82, 2.24) is 9.97 Å². The lowest BCUT2D eigenvalue weighted by Gasteiger charge is -2.12. The Morgan fingerprint density at radius 3 is 2.72 bits per heavy atom. The quantitative estimate of drug-likeness (QED) is 0.283. The first-order chi connectivity index (χ1) is 12.0. The first-order valence-electron chi connectivity index (χ1n) is 7.66. The number of ketones is 1. The summed E-state index contributed by atoms with van der Waals surface area (Å²) in [5, 5.41) is 3.60. The number of hydrogen-bond donors (Lipinski definition) is 0. The number of nitrogens with zero attached hydrogens (tertiary/aromatic N) is 2. The van der Waals surface area contributed by atoms with E-state index in [1.807, 2.05) is 30.5 Å². The minimum atomic E-state index is -0.817. The highest BCUT2D eigenvalue weighted by molar-refractivity contribution is 8.00. The Morgan fingerprint density at radius 2 is 1.96 bits per heavy atom. The molecule has 5 nitrogen and oxygen atoms in total. The number of thioether (sulfide) groups is 1. The number of fused-ring (bicyclic) bond motifs is 1. The molecule has 0 N–H and O–H groups in total. The van der Waals surface area contributed by atoms with Gasteiger partial charge in [-0.2, -0.15) is 0 Å². The first-order valence-corrected chi connectivity index (χ1v) is 9.52. The third-order valence-electron chi connectivity index (χ3n) is 3.57. The molecule has 2 heterocycles. The highest BCUT2D eigenvalue weighted by Gasteiger charge is 2.20. The maximum absolute atomic E-state index is 12.3. The van der Waals surface area contributed by atoms with Gasteiger partial charge in [0.05, 0.1) is 5.75 Å². The summed E-state index contributed by atoms with van der Waals surface area (Å²) in [7, 11) is 0. The fraction of sp³-hybridized carbons (Fsp3) is 0.222. The van der Waals surface area contributed by atoms with Gasteiger partial charge in [0.1, 0.15) is 16.2 Å². The normalized spacial score (nSPS) is 12.1. The van der Waals surface area contributed by atoms with Crippen molar-refractivity contribution >= 4 is 45.1 Å². The second-order valence-electron chi connectivity index (χ2n) is 5.47. The summed E-state index contributed by atoms with van der Waals surface area (Å²) in [6.07, 6.45) is 0.665. The summed E-state index contributed by atoms with van der Waals surface area (Å²) < 4.78 is 5.26. The molecule has 0 unspecified atom stereocenters. The van der Waals surface area contributed by atoms with E-state index in [-0.39, 0.29) is 11.5 Å². The Bertz CT molecular complexity index is 906. The van der Waals surface area contributed by atoms with E-state index in [4.69, 9.17) is 4.74 Å². The van der Waals surface area contributed by atoms with Crippen molar-refractivity contribution in [3.63, 3.8) is 0 Å². The zero-order valence-electron chi connectivity index (χ0n) is 13.8. The van der Waals surface area contributed by atoms with Crippen LogP contribution in [0.25, 0.3) is 10.2 Å². The molecule has 128 valence electrons. The van der Waals surface area contributed by atoms with E-state index < -0.39 is 12.1 Å². The molecule has 0 amide bonds. The van der Waals surface area contributed by atoms with Crippen molar-refractivity contribution in [2.45, 2.75) is 25.0 Å². The average Bonchev–Trinajstić information content (AvgIpc) is 3.09. The van der Waals surface area contributed by atoms with Gasteiger partial charge in [-0.1, -0.05) is 41.6 Å². The molecule has 7 heteroatoms. The Morgan fingerprint density at radius 1 is 1.20 bits per heavy atom. The molecule has 3 aromatic rings. The van der Waals surface area contributed by atoms with Gasteiger partial charge in [0.25, 0.3) is 0 Å². The number of ether oxygens (including phenoxy) is 1. The van der Waals surface area contributed by atoms with E-state index in [1.54, 1.807) is 19.1 Å². The number of benzene rings is 1. The van der Waals surface area contributed by atoms with E-state index in [0.717, 1.165) is 20.8 Å². The van der Waals surface area contributed by atoms with Gasteiger partial charge in [0, 0.05) is 10.9 Å². The van der Waals surface area contributed by atoms with Crippen LogP contribution >= 0.6 is 23.1 Å². The van der Waals surface area contributed by atoms with Crippen molar-refractivity contribution in [2.75, 3.05) is 5.75 Å². The highest BCUT2D eigenvalue weighted by atomic mass is 32.2. The largest absolute Gasteiger partial charge is 0.454 e. The van der Waals surface area contributed by atoms with Gasteiger partial charge in [-0.3, -0.25) is 9.59 Å². The molecule has 2 aromatic heterocycles. The summed E-state index contributed by atoms with van der Waals surface area (Å²) in [5.41, 5.74) is 1.61. The van der Waals surface area contributed by atoms with Crippen LogP contribution in [0.4, 0.5) is 0 Å². The Kier molecular flexibility index (Phi) is 5.45. The van der Waals surface area contributed by atoms with Crippen molar-refractivity contribution in [2.24, 2.45) is 0 Å². The van der Waals surface area contributed by atoms with Crippen LogP contribution in [0.5, 0.6) is 0 Å². The van der Waals surface area contributed by atoms with Gasteiger partial charge in [0.15, 0.2) is 6.10 Å². The zero-order chi connectivity index (χ0) is 17.8. The van der Waals surface area contributed by atoms with Crippen LogP contribution in [0.3, 0.4) is 0 Å². The third-order valence-corrected chi connectivity index (χ3v) is 5.36. The standard InChI is InChI=1S/C18H16N2O3S2/c1-11-3-5-13(6-4-11)16(22)12(2)23-15(21)9-25-18-14-7-8-24-17(14)19-10-20-18/h3-8,10,12H,9H2,1-2H3/t12-/m0/s1. The SMILES string of the molecule is Cc1ccc(C(=O)[C@H](C)OC(=O)CSc2ncnc3sccc23)cc1. The molecule has 0 fully saturated rings. The van der Waals surface area contributed by atoms with Crippen LogP contribution in [-0.2, 0) is 9.53 Å². The molecule has 1 atom stereocenters. The van der Waals surface area contributed by atoms with E-state index >= 15 is 0 Å². The lowest BCUT2D eigenvalue weighted by atomic mass is 10.1. The smallest absolute Gasteiger partial charge is 0.317 e. The van der Waals surface area contributed by atoms with E-state index in [1.165, 1.54) is 29.4 Å². The summed E-state index contributed by atoms with van der Waals surface area (Å²) in [5.74, 6) is -0.562. The van der Waals surface area contributed by atoms with Crippen LogP contribution in [0.15, 0.2) is 47.1 Å². The molecule has 0 spiro atoms. The van der Waals surface area contributed by atoms with Crippen LogP contribution in [0, 0.1) is 6.92 Å². The number of hydrogen-bond acceptors (Lipinski definition) is 7. The molecule has 1 aromatic carbocycles. The number of aryl methyl sites for hydroxylation is 1. The molecule has 3 rings (SSSR count). The first kappa shape index (κ1) is 17.6. The van der Waals surface area contributed by atoms with Gasteiger partial charge in [-0.25, -0.2) is 9.97 Å². The summed E-state index contributed by atoms with van der Waals surface area (Å²) in [4.78, 5) is 33.6. The summed E-state index contributed by atoms with van der Waals surface area (Å²) >= 11 is 2.81. The molecule has 0 saturated heterocycles. The van der Waals surface area contributed by atoms with Crippen LogP contribution < -0.4 is 0 Å². The number of rotatable bonds is 6. The number of esters is 1. The number of thiophene rings is 1. The number of carbonyl (C=O) groups excluding carboxylic acids is 2. The minimum absolute atomic E-state index is 0.0908. The Labute approximate surface area is 153 Å². The summed E-state index contributed by atoms with van der Waals surface area (Å²) in [6, 6.07) is 9.13. The van der Waals surface area contributed by atoms with Crippen molar-refractivity contribution in [3.05, 3.63) is 53.2 Å². The average molecular weight is 372 g/mol. The topological polar surface area (TPSA) is 69.2 Å². The van der Waals surface area contributed by atoms with Gasteiger partial charge < -0.3 is 4.74 Å². The van der Waals surface area contributed by atoms with Crippen LogP contribution in [0.2, 0.25) is 0 Å². The van der Waals surface area contributed by atoms with E-state index in [0.29, 0.717) is 5.56 Å². The predicted molar refractivity (Wildman–Crippen MR) is 99.2 cm³/mol.